The Balaban J connectivity index is 1.26. The summed E-state index contributed by atoms with van der Waals surface area (Å²) in [4.78, 5) is 53.0. The largest absolute Gasteiger partial charge is 0.369 e. The van der Waals surface area contributed by atoms with Crippen molar-refractivity contribution >= 4 is 35.0 Å². The summed E-state index contributed by atoms with van der Waals surface area (Å²) in [5.74, 6) is -1.29. The molecule has 2 aromatic carbocycles. The number of carbonyl (C=O) groups is 4. The van der Waals surface area contributed by atoms with Crippen LogP contribution < -0.4 is 20.9 Å². The number of rotatable bonds is 4. The van der Waals surface area contributed by atoms with Crippen molar-refractivity contribution in [2.24, 2.45) is 0 Å². The molecule has 9 heteroatoms. The molecule has 0 radical (unpaired) electrons. The summed E-state index contributed by atoms with van der Waals surface area (Å²) in [6.45, 7) is 4.06. The number of benzene rings is 2. The van der Waals surface area contributed by atoms with Gasteiger partial charge in [0.2, 0.25) is 11.8 Å². The highest BCUT2D eigenvalue weighted by Gasteiger charge is 2.39. The number of fused-ring (bicyclic) bond motifs is 1. The van der Waals surface area contributed by atoms with Crippen molar-refractivity contribution in [3.05, 3.63) is 59.2 Å². The summed E-state index contributed by atoms with van der Waals surface area (Å²) >= 11 is 0. The van der Waals surface area contributed by atoms with Crippen molar-refractivity contribution in [3.8, 4) is 0 Å². The maximum absolute atomic E-state index is 12.8. The summed E-state index contributed by atoms with van der Waals surface area (Å²) < 4.78 is 0. The lowest BCUT2D eigenvalue weighted by molar-refractivity contribution is -0.136. The Morgan fingerprint density at radius 2 is 1.76 bits per heavy atom. The van der Waals surface area contributed by atoms with Crippen LogP contribution >= 0.6 is 0 Å². The monoisotopic (exact) mass is 447 g/mol. The van der Waals surface area contributed by atoms with Gasteiger partial charge in [0.25, 0.3) is 11.8 Å². The molecule has 2 fully saturated rings. The third kappa shape index (κ3) is 4.19. The molecular formula is C24H25N5O4. The predicted molar refractivity (Wildman–Crippen MR) is 122 cm³/mol. The van der Waals surface area contributed by atoms with Crippen molar-refractivity contribution in [1.29, 1.82) is 0 Å². The third-order valence-corrected chi connectivity index (χ3v) is 6.39. The first-order valence-electron chi connectivity index (χ1n) is 11.1. The van der Waals surface area contributed by atoms with Gasteiger partial charge in [0, 0.05) is 61.6 Å². The van der Waals surface area contributed by atoms with Crippen LogP contribution in [0.25, 0.3) is 0 Å². The van der Waals surface area contributed by atoms with Crippen LogP contribution in [0.1, 0.15) is 39.1 Å². The zero-order chi connectivity index (χ0) is 22.9. The maximum atomic E-state index is 12.8. The number of imide groups is 1. The molecule has 0 aromatic heterocycles. The van der Waals surface area contributed by atoms with Crippen molar-refractivity contribution in [3.63, 3.8) is 0 Å². The van der Waals surface area contributed by atoms with Gasteiger partial charge in [-0.25, -0.2) is 0 Å². The summed E-state index contributed by atoms with van der Waals surface area (Å²) in [7, 11) is 0. The van der Waals surface area contributed by atoms with E-state index >= 15 is 0 Å². The predicted octanol–water partition coefficient (Wildman–Crippen LogP) is 1.11. The fraction of sp³-hybridized carbons (Fsp3) is 0.333. The number of hydrogen-bond acceptors (Lipinski definition) is 6. The van der Waals surface area contributed by atoms with Crippen molar-refractivity contribution in [2.45, 2.75) is 25.4 Å². The lowest BCUT2D eigenvalue weighted by atomic mass is 10.0. The molecule has 0 spiro atoms. The van der Waals surface area contributed by atoms with Gasteiger partial charge in [-0.15, -0.1) is 0 Å². The molecule has 5 rings (SSSR count). The van der Waals surface area contributed by atoms with E-state index in [1.165, 1.54) is 4.90 Å². The smallest absolute Gasteiger partial charge is 0.255 e. The van der Waals surface area contributed by atoms with Gasteiger partial charge in [-0.2, -0.15) is 0 Å². The quantitative estimate of drug-likeness (QED) is 0.606. The molecule has 3 N–H and O–H groups in total. The van der Waals surface area contributed by atoms with Crippen LogP contribution in [0.3, 0.4) is 0 Å². The van der Waals surface area contributed by atoms with Crippen molar-refractivity contribution in [2.75, 3.05) is 36.4 Å². The van der Waals surface area contributed by atoms with Crippen LogP contribution in [0.15, 0.2) is 42.5 Å². The molecule has 170 valence electrons. The van der Waals surface area contributed by atoms with Crippen LogP contribution in [0, 0.1) is 0 Å². The molecule has 3 aliphatic rings. The number of amides is 4. The molecule has 0 bridgehead atoms. The lowest BCUT2D eigenvalue weighted by Crippen LogP contribution is -2.52. The Hall–Kier alpha value is -3.72. The van der Waals surface area contributed by atoms with Crippen LogP contribution in [-0.2, 0) is 16.1 Å². The minimum atomic E-state index is -0.672. The van der Waals surface area contributed by atoms with Gasteiger partial charge in [-0.1, -0.05) is 0 Å². The number of hydrogen-bond donors (Lipinski definition) is 3. The second kappa shape index (κ2) is 8.67. The number of carbonyl (C=O) groups excluding carboxylic acids is 4. The van der Waals surface area contributed by atoms with Gasteiger partial charge < -0.3 is 20.4 Å². The highest BCUT2D eigenvalue weighted by molar-refractivity contribution is 6.08. The minimum Gasteiger partial charge on any atom is -0.369 e. The lowest BCUT2D eigenvalue weighted by Gasteiger charge is -2.29. The van der Waals surface area contributed by atoms with E-state index in [0.717, 1.165) is 31.9 Å². The molecule has 33 heavy (non-hydrogen) atoms. The van der Waals surface area contributed by atoms with Crippen LogP contribution in [0.2, 0.25) is 0 Å². The average Bonchev–Trinajstić information content (AvgIpc) is 3.15. The zero-order valence-corrected chi connectivity index (χ0v) is 18.1. The molecule has 2 aromatic rings. The van der Waals surface area contributed by atoms with Crippen LogP contribution in [0.4, 0.5) is 11.4 Å². The van der Waals surface area contributed by atoms with Crippen LogP contribution in [0.5, 0.6) is 0 Å². The van der Waals surface area contributed by atoms with E-state index in [1.54, 1.807) is 18.2 Å². The standard InChI is InChI=1S/C24H25N5O4/c30-21-8-7-20(23(32)27-21)29-14-16-13-15(1-6-19(16)24(29)33)22(31)26-17-2-4-18(5-3-17)28-11-9-25-10-12-28/h1-6,13,20,25H,7-12,14H2,(H,26,31)(H,27,30,32). The normalized spacial score (nSPS) is 20.5. The maximum Gasteiger partial charge on any atom is 0.255 e. The topological polar surface area (TPSA) is 111 Å². The van der Waals surface area contributed by atoms with E-state index in [1.807, 2.05) is 24.3 Å². The van der Waals surface area contributed by atoms with Gasteiger partial charge in [0.15, 0.2) is 0 Å². The molecule has 2 saturated heterocycles. The summed E-state index contributed by atoms with van der Waals surface area (Å²) in [6.07, 6.45) is 0.513. The van der Waals surface area contributed by atoms with E-state index in [0.29, 0.717) is 28.8 Å². The van der Waals surface area contributed by atoms with E-state index in [2.05, 4.69) is 20.9 Å². The highest BCUT2D eigenvalue weighted by Crippen LogP contribution is 2.28. The highest BCUT2D eigenvalue weighted by atomic mass is 16.2. The van der Waals surface area contributed by atoms with E-state index in [9.17, 15) is 19.2 Å². The van der Waals surface area contributed by atoms with Gasteiger partial charge in [-0.05, 0) is 54.4 Å². The summed E-state index contributed by atoms with van der Waals surface area (Å²) in [5.41, 5.74) is 3.44. The number of anilines is 2. The average molecular weight is 447 g/mol. The van der Waals surface area contributed by atoms with E-state index in [4.69, 9.17) is 0 Å². The molecular weight excluding hydrogens is 422 g/mol. The van der Waals surface area contributed by atoms with Crippen LogP contribution in [-0.4, -0.2) is 60.7 Å². The second-order valence-electron chi connectivity index (χ2n) is 8.51. The molecule has 0 aliphatic carbocycles. The minimum absolute atomic E-state index is 0.206. The Bertz CT molecular complexity index is 1120. The molecule has 1 atom stereocenters. The number of piperidine rings is 1. The first kappa shape index (κ1) is 21.1. The summed E-state index contributed by atoms with van der Waals surface area (Å²) in [5, 5.41) is 8.53. The SMILES string of the molecule is O=C1CCC(N2Cc3cc(C(=O)Nc4ccc(N5CCNCC5)cc4)ccc3C2=O)C(=O)N1. The first-order valence-corrected chi connectivity index (χ1v) is 11.1. The van der Waals surface area contributed by atoms with E-state index in [-0.39, 0.29) is 30.7 Å². The fourth-order valence-corrected chi connectivity index (χ4v) is 4.60. The Morgan fingerprint density at radius 3 is 2.48 bits per heavy atom. The molecule has 3 aliphatic heterocycles. The number of nitrogens with one attached hydrogen (secondary N) is 3. The second-order valence-corrected chi connectivity index (χ2v) is 8.51. The van der Waals surface area contributed by atoms with Crippen molar-refractivity contribution < 1.29 is 19.2 Å². The van der Waals surface area contributed by atoms with E-state index < -0.39 is 11.9 Å². The third-order valence-electron chi connectivity index (χ3n) is 6.39. The zero-order valence-electron chi connectivity index (χ0n) is 18.1. The summed E-state index contributed by atoms with van der Waals surface area (Å²) in [6, 6.07) is 12.0. The van der Waals surface area contributed by atoms with Crippen molar-refractivity contribution in [1.82, 2.24) is 15.5 Å². The molecule has 1 unspecified atom stereocenters. The molecule has 3 heterocycles. The van der Waals surface area contributed by atoms with Gasteiger partial charge in [0.1, 0.15) is 6.04 Å². The first-order chi connectivity index (χ1) is 16.0. The molecule has 4 amide bonds. The van der Waals surface area contributed by atoms with Gasteiger partial charge in [-0.3, -0.25) is 24.5 Å². The Labute approximate surface area is 191 Å². The molecule has 9 nitrogen and oxygen atoms in total. The van der Waals surface area contributed by atoms with Gasteiger partial charge in [0.05, 0.1) is 0 Å². The fourth-order valence-electron chi connectivity index (χ4n) is 4.60. The Morgan fingerprint density at radius 1 is 1.00 bits per heavy atom. The van der Waals surface area contributed by atoms with Gasteiger partial charge >= 0.3 is 0 Å². The Kier molecular flexibility index (Phi) is 5.55. The number of piperazine rings is 1. The number of nitrogens with zero attached hydrogens (tertiary/aromatic N) is 2. The molecule has 0 saturated carbocycles.